The molecule has 0 radical (unpaired) electrons. The van der Waals surface area contributed by atoms with Crippen molar-refractivity contribution in [1.29, 1.82) is 0 Å². The highest BCUT2D eigenvalue weighted by molar-refractivity contribution is 7.16. The minimum absolute atomic E-state index is 0.187. The number of rotatable bonds is 4. The van der Waals surface area contributed by atoms with Crippen LogP contribution in [0.3, 0.4) is 0 Å². The molecule has 124 valence electrons. The minimum Gasteiger partial charge on any atom is -0.478 e. The van der Waals surface area contributed by atoms with E-state index in [9.17, 15) is 14.7 Å². The van der Waals surface area contributed by atoms with E-state index in [0.29, 0.717) is 17.0 Å². The molecule has 0 atom stereocenters. The second-order valence-corrected chi connectivity index (χ2v) is 7.52. The Bertz CT molecular complexity index is 753. The molecular formula is C16H21N3O3S. The van der Waals surface area contributed by atoms with Gasteiger partial charge in [-0.3, -0.25) is 9.48 Å². The molecule has 2 N–H and O–H groups in total. The van der Waals surface area contributed by atoms with Gasteiger partial charge in [0, 0.05) is 11.1 Å². The lowest BCUT2D eigenvalue weighted by Gasteiger charge is -2.18. The largest absolute Gasteiger partial charge is 0.478 e. The first kappa shape index (κ1) is 17.2. The van der Waals surface area contributed by atoms with E-state index in [4.69, 9.17) is 0 Å². The monoisotopic (exact) mass is 335 g/mol. The lowest BCUT2D eigenvalue weighted by molar-refractivity contribution is 0.0697. The van der Waals surface area contributed by atoms with Crippen LogP contribution in [-0.2, 0) is 12.0 Å². The van der Waals surface area contributed by atoms with Gasteiger partial charge in [0.2, 0.25) is 0 Å². The molecule has 0 aliphatic heterocycles. The van der Waals surface area contributed by atoms with Gasteiger partial charge in [-0.05, 0) is 39.7 Å². The van der Waals surface area contributed by atoms with Crippen LogP contribution in [0.1, 0.15) is 58.9 Å². The highest BCUT2D eigenvalue weighted by Gasteiger charge is 2.23. The average molecular weight is 335 g/mol. The Labute approximate surface area is 139 Å². The first-order valence-corrected chi connectivity index (χ1v) is 8.18. The highest BCUT2D eigenvalue weighted by atomic mass is 32.1. The van der Waals surface area contributed by atoms with E-state index in [0.717, 1.165) is 10.4 Å². The molecule has 2 aromatic heterocycles. The standard InChI is InChI=1S/C16H21N3O3S/c1-6-11-9(2)23-14(12(11)15(21)22)18-13(20)10-7-17-19(8-10)16(3,4)5/h7-8H,6H2,1-5H3,(H,18,20)(H,21,22). The fourth-order valence-corrected chi connectivity index (χ4v) is 3.43. The van der Waals surface area contributed by atoms with E-state index in [1.807, 2.05) is 34.6 Å². The Morgan fingerprint density at radius 2 is 2.04 bits per heavy atom. The van der Waals surface area contributed by atoms with Crippen LogP contribution in [0, 0.1) is 6.92 Å². The summed E-state index contributed by atoms with van der Waals surface area (Å²) in [6.45, 7) is 9.73. The van der Waals surface area contributed by atoms with Gasteiger partial charge in [-0.1, -0.05) is 6.92 Å². The maximum absolute atomic E-state index is 12.4. The molecule has 0 aromatic carbocycles. The van der Waals surface area contributed by atoms with E-state index in [1.54, 1.807) is 10.9 Å². The minimum atomic E-state index is -1.02. The van der Waals surface area contributed by atoms with Crippen molar-refractivity contribution in [1.82, 2.24) is 9.78 Å². The third-order valence-corrected chi connectivity index (χ3v) is 4.60. The summed E-state index contributed by atoms with van der Waals surface area (Å²) in [5.41, 5.74) is 1.13. The summed E-state index contributed by atoms with van der Waals surface area (Å²) in [5.74, 6) is -1.38. The van der Waals surface area contributed by atoms with Gasteiger partial charge in [0.15, 0.2) is 0 Å². The number of carboxylic acids is 1. The molecule has 2 rings (SSSR count). The molecule has 6 nitrogen and oxygen atoms in total. The molecule has 0 fully saturated rings. The van der Waals surface area contributed by atoms with Crippen LogP contribution in [0.4, 0.5) is 5.00 Å². The van der Waals surface area contributed by atoms with Crippen molar-refractivity contribution in [3.63, 3.8) is 0 Å². The molecule has 0 saturated heterocycles. The van der Waals surface area contributed by atoms with E-state index in [-0.39, 0.29) is 17.0 Å². The summed E-state index contributed by atoms with van der Waals surface area (Å²) in [5, 5.41) is 16.7. The molecule has 0 aliphatic rings. The van der Waals surface area contributed by atoms with Crippen molar-refractivity contribution >= 4 is 28.2 Å². The number of hydrogen-bond acceptors (Lipinski definition) is 4. The molecule has 23 heavy (non-hydrogen) atoms. The number of hydrogen-bond donors (Lipinski definition) is 2. The average Bonchev–Trinajstić information content (AvgIpc) is 3.02. The van der Waals surface area contributed by atoms with Crippen molar-refractivity contribution in [2.45, 2.75) is 46.6 Å². The zero-order chi connectivity index (χ0) is 17.4. The lowest BCUT2D eigenvalue weighted by atomic mass is 10.1. The summed E-state index contributed by atoms with van der Waals surface area (Å²) >= 11 is 1.29. The van der Waals surface area contributed by atoms with Gasteiger partial charge in [-0.25, -0.2) is 4.79 Å². The maximum atomic E-state index is 12.4. The maximum Gasteiger partial charge on any atom is 0.339 e. The van der Waals surface area contributed by atoms with Crippen LogP contribution in [0.5, 0.6) is 0 Å². The van der Waals surface area contributed by atoms with Gasteiger partial charge in [0.05, 0.1) is 22.9 Å². The van der Waals surface area contributed by atoms with E-state index >= 15 is 0 Å². The molecule has 0 saturated carbocycles. The summed E-state index contributed by atoms with van der Waals surface area (Å²) in [6.07, 6.45) is 3.76. The van der Waals surface area contributed by atoms with Gasteiger partial charge >= 0.3 is 5.97 Å². The van der Waals surface area contributed by atoms with Crippen LogP contribution < -0.4 is 5.32 Å². The first-order valence-electron chi connectivity index (χ1n) is 7.37. The van der Waals surface area contributed by atoms with Crippen molar-refractivity contribution < 1.29 is 14.7 Å². The number of nitrogens with zero attached hydrogens (tertiary/aromatic N) is 2. The third-order valence-electron chi connectivity index (χ3n) is 3.54. The molecule has 0 bridgehead atoms. The van der Waals surface area contributed by atoms with Gasteiger partial charge < -0.3 is 10.4 Å². The third kappa shape index (κ3) is 3.44. The summed E-state index contributed by atoms with van der Waals surface area (Å²) < 4.78 is 1.71. The van der Waals surface area contributed by atoms with Gasteiger partial charge in [0.25, 0.3) is 5.91 Å². The number of carboxylic acid groups (broad SMARTS) is 1. The van der Waals surface area contributed by atoms with E-state index in [2.05, 4.69) is 10.4 Å². The second kappa shape index (κ2) is 6.16. The number of amides is 1. The van der Waals surface area contributed by atoms with E-state index < -0.39 is 5.97 Å². The Hall–Kier alpha value is -2.15. The summed E-state index contributed by atoms with van der Waals surface area (Å²) in [4.78, 5) is 24.8. The molecule has 7 heteroatoms. The van der Waals surface area contributed by atoms with Crippen molar-refractivity contribution in [2.24, 2.45) is 0 Å². The Balaban J connectivity index is 2.31. The quantitative estimate of drug-likeness (QED) is 0.895. The molecule has 1 amide bonds. The van der Waals surface area contributed by atoms with Crippen molar-refractivity contribution in [3.05, 3.63) is 34.0 Å². The molecule has 0 spiro atoms. The van der Waals surface area contributed by atoms with Gasteiger partial charge in [-0.2, -0.15) is 5.10 Å². The molecular weight excluding hydrogens is 314 g/mol. The Morgan fingerprint density at radius 1 is 1.39 bits per heavy atom. The van der Waals surface area contributed by atoms with Crippen LogP contribution in [-0.4, -0.2) is 26.8 Å². The van der Waals surface area contributed by atoms with Crippen LogP contribution >= 0.6 is 11.3 Å². The fourth-order valence-electron chi connectivity index (χ4n) is 2.30. The number of aromatic carboxylic acids is 1. The molecule has 0 unspecified atom stereocenters. The molecule has 2 aromatic rings. The van der Waals surface area contributed by atoms with Gasteiger partial charge in [0.1, 0.15) is 5.00 Å². The number of aryl methyl sites for hydroxylation is 1. The van der Waals surface area contributed by atoms with Crippen molar-refractivity contribution in [3.8, 4) is 0 Å². The number of carbonyl (C=O) groups excluding carboxylic acids is 1. The zero-order valence-electron chi connectivity index (χ0n) is 13.9. The van der Waals surface area contributed by atoms with Crippen LogP contribution in [0.15, 0.2) is 12.4 Å². The number of aromatic nitrogens is 2. The normalized spacial score (nSPS) is 11.5. The Kier molecular flexibility index (Phi) is 4.61. The molecule has 2 heterocycles. The second-order valence-electron chi connectivity index (χ2n) is 6.30. The molecule has 0 aliphatic carbocycles. The van der Waals surface area contributed by atoms with E-state index in [1.165, 1.54) is 17.5 Å². The van der Waals surface area contributed by atoms with Crippen LogP contribution in [0.2, 0.25) is 0 Å². The first-order chi connectivity index (χ1) is 10.6. The zero-order valence-corrected chi connectivity index (χ0v) is 14.7. The number of nitrogens with one attached hydrogen (secondary N) is 1. The van der Waals surface area contributed by atoms with Crippen LogP contribution in [0.25, 0.3) is 0 Å². The number of anilines is 1. The van der Waals surface area contributed by atoms with Gasteiger partial charge in [-0.15, -0.1) is 11.3 Å². The topological polar surface area (TPSA) is 84.2 Å². The predicted octanol–water partition coefficient (Wildman–Crippen LogP) is 3.52. The lowest BCUT2D eigenvalue weighted by Crippen LogP contribution is -2.22. The summed E-state index contributed by atoms with van der Waals surface area (Å²) in [7, 11) is 0. The SMILES string of the molecule is CCc1c(C)sc(NC(=O)c2cnn(C(C)(C)C)c2)c1C(=O)O. The summed E-state index contributed by atoms with van der Waals surface area (Å²) in [6, 6.07) is 0. The van der Waals surface area contributed by atoms with Crippen molar-refractivity contribution in [2.75, 3.05) is 5.32 Å². The number of thiophene rings is 1. The number of carbonyl (C=O) groups is 2. The smallest absolute Gasteiger partial charge is 0.339 e. The Morgan fingerprint density at radius 3 is 2.52 bits per heavy atom. The fraction of sp³-hybridized carbons (Fsp3) is 0.438. The highest BCUT2D eigenvalue weighted by Crippen LogP contribution is 2.33. The predicted molar refractivity (Wildman–Crippen MR) is 90.6 cm³/mol.